The van der Waals surface area contributed by atoms with Crippen LogP contribution in [0.2, 0.25) is 0 Å². The predicted molar refractivity (Wildman–Crippen MR) is 65.9 cm³/mol. The van der Waals surface area contributed by atoms with Gasteiger partial charge >= 0.3 is 6.18 Å². The zero-order valence-electron chi connectivity index (χ0n) is 10.3. The third kappa shape index (κ3) is 6.55. The van der Waals surface area contributed by atoms with E-state index < -0.39 is 28.5 Å². The summed E-state index contributed by atoms with van der Waals surface area (Å²) in [6.07, 6.45) is -4.55. The number of hydrogen-bond donors (Lipinski definition) is 2. The lowest BCUT2D eigenvalue weighted by Crippen LogP contribution is -2.34. The van der Waals surface area contributed by atoms with Crippen LogP contribution >= 0.6 is 0 Å². The summed E-state index contributed by atoms with van der Waals surface area (Å²) in [6.45, 7) is -0.991. The van der Waals surface area contributed by atoms with Crippen molar-refractivity contribution < 1.29 is 21.6 Å². The normalized spacial score (nSPS) is 12.6. The Bertz CT molecular complexity index is 515. The Kier molecular flexibility index (Phi) is 5.33. The third-order valence-corrected chi connectivity index (χ3v) is 3.52. The molecule has 1 aromatic carbocycles. The van der Waals surface area contributed by atoms with Crippen molar-refractivity contribution in [2.24, 2.45) is 0 Å². The topological polar surface area (TPSA) is 58.2 Å². The van der Waals surface area contributed by atoms with Crippen LogP contribution in [0.5, 0.6) is 0 Å². The molecule has 0 saturated heterocycles. The second-order valence-electron chi connectivity index (χ2n) is 4.05. The fourth-order valence-corrected chi connectivity index (χ4v) is 2.60. The van der Waals surface area contributed by atoms with Crippen molar-refractivity contribution in [3.63, 3.8) is 0 Å². The van der Waals surface area contributed by atoms with E-state index in [0.717, 1.165) is 5.56 Å². The maximum atomic E-state index is 12.0. The molecule has 0 spiro atoms. The van der Waals surface area contributed by atoms with Crippen LogP contribution < -0.4 is 10.0 Å². The van der Waals surface area contributed by atoms with Gasteiger partial charge in [0.2, 0.25) is 10.0 Å². The van der Waals surface area contributed by atoms with E-state index in [1.54, 1.807) is 31.3 Å². The summed E-state index contributed by atoms with van der Waals surface area (Å²) in [5.41, 5.74) is 1.31. The molecule has 0 aromatic heterocycles. The molecule has 0 bridgehead atoms. The Hall–Kier alpha value is -1.12. The number of hydrogen-bond acceptors (Lipinski definition) is 3. The smallest absolute Gasteiger partial charge is 0.316 e. The minimum absolute atomic E-state index is 0.447. The highest BCUT2D eigenvalue weighted by molar-refractivity contribution is 7.88. The molecule has 2 N–H and O–H groups in total. The summed E-state index contributed by atoms with van der Waals surface area (Å²) in [6, 6.07) is 6.67. The molecule has 0 radical (unpaired) electrons. The lowest BCUT2D eigenvalue weighted by atomic mass is 10.1. The summed E-state index contributed by atoms with van der Waals surface area (Å²) in [7, 11) is -2.25. The minimum Gasteiger partial charge on any atom is -0.316 e. The zero-order chi connectivity index (χ0) is 14.5. The van der Waals surface area contributed by atoms with E-state index >= 15 is 0 Å². The van der Waals surface area contributed by atoms with Crippen molar-refractivity contribution in [3.05, 3.63) is 35.4 Å². The standard InChI is InChI=1S/C11H15F3N2O2S/c1-15-6-9-3-2-4-10(5-9)7-19(17,18)16-8-11(12,13)14/h2-5,15-16H,6-8H2,1H3. The molecule has 0 unspecified atom stereocenters. The number of benzene rings is 1. The van der Waals surface area contributed by atoms with E-state index in [4.69, 9.17) is 0 Å². The van der Waals surface area contributed by atoms with E-state index in [2.05, 4.69) is 5.32 Å². The Balaban J connectivity index is 2.70. The Labute approximate surface area is 110 Å². The van der Waals surface area contributed by atoms with Gasteiger partial charge in [0.1, 0.15) is 6.54 Å². The number of alkyl halides is 3. The van der Waals surface area contributed by atoms with Crippen molar-refractivity contribution in [2.45, 2.75) is 18.5 Å². The molecule has 4 nitrogen and oxygen atoms in total. The van der Waals surface area contributed by atoms with Gasteiger partial charge in [0, 0.05) is 6.54 Å². The van der Waals surface area contributed by atoms with Gasteiger partial charge < -0.3 is 5.32 Å². The van der Waals surface area contributed by atoms with Crippen LogP contribution in [-0.4, -0.2) is 28.2 Å². The van der Waals surface area contributed by atoms with Gasteiger partial charge in [0.25, 0.3) is 0 Å². The molecule has 0 atom stereocenters. The van der Waals surface area contributed by atoms with Gasteiger partial charge in [-0.05, 0) is 18.2 Å². The Morgan fingerprint density at radius 1 is 1.21 bits per heavy atom. The fourth-order valence-electron chi connectivity index (χ4n) is 1.50. The first-order valence-corrected chi connectivity index (χ1v) is 7.13. The average Bonchev–Trinajstić information content (AvgIpc) is 2.26. The molecule has 108 valence electrons. The summed E-state index contributed by atoms with van der Waals surface area (Å²) < 4.78 is 60.4. The molecule has 19 heavy (non-hydrogen) atoms. The van der Waals surface area contributed by atoms with Crippen LogP contribution in [0.15, 0.2) is 24.3 Å². The number of rotatable bonds is 6. The molecule has 0 heterocycles. The first kappa shape index (κ1) is 15.9. The van der Waals surface area contributed by atoms with E-state index in [0.29, 0.717) is 12.1 Å². The van der Waals surface area contributed by atoms with Crippen molar-refractivity contribution in [3.8, 4) is 0 Å². The maximum Gasteiger partial charge on any atom is 0.402 e. The monoisotopic (exact) mass is 296 g/mol. The van der Waals surface area contributed by atoms with Crippen molar-refractivity contribution in [1.82, 2.24) is 10.0 Å². The van der Waals surface area contributed by atoms with Crippen molar-refractivity contribution in [2.75, 3.05) is 13.6 Å². The zero-order valence-corrected chi connectivity index (χ0v) is 11.1. The summed E-state index contributed by atoms with van der Waals surface area (Å²) in [4.78, 5) is 0. The minimum atomic E-state index is -4.55. The van der Waals surface area contributed by atoms with Crippen LogP contribution in [0.1, 0.15) is 11.1 Å². The average molecular weight is 296 g/mol. The lowest BCUT2D eigenvalue weighted by Gasteiger charge is -2.10. The molecule has 1 aromatic rings. The highest BCUT2D eigenvalue weighted by Crippen LogP contribution is 2.14. The lowest BCUT2D eigenvalue weighted by molar-refractivity contribution is -0.121. The highest BCUT2D eigenvalue weighted by Gasteiger charge is 2.29. The number of halogens is 3. The van der Waals surface area contributed by atoms with Crippen LogP contribution in [0, 0.1) is 0 Å². The second kappa shape index (κ2) is 6.36. The molecule has 0 aliphatic rings. The van der Waals surface area contributed by atoms with Gasteiger partial charge in [-0.15, -0.1) is 0 Å². The van der Waals surface area contributed by atoms with Crippen LogP contribution in [0.25, 0.3) is 0 Å². The van der Waals surface area contributed by atoms with E-state index in [1.807, 2.05) is 0 Å². The molecule has 0 aliphatic heterocycles. The summed E-state index contributed by atoms with van der Waals surface area (Å²) in [5.74, 6) is -0.472. The van der Waals surface area contributed by atoms with Crippen LogP contribution in [0.4, 0.5) is 13.2 Å². The Morgan fingerprint density at radius 2 is 1.84 bits per heavy atom. The van der Waals surface area contributed by atoms with Gasteiger partial charge in [0.05, 0.1) is 5.75 Å². The molecule has 0 fully saturated rings. The highest BCUT2D eigenvalue weighted by atomic mass is 32.2. The Morgan fingerprint density at radius 3 is 2.42 bits per heavy atom. The molecular weight excluding hydrogens is 281 g/mol. The molecule has 8 heteroatoms. The molecule has 0 aliphatic carbocycles. The van der Waals surface area contributed by atoms with Gasteiger partial charge in [-0.3, -0.25) is 0 Å². The summed E-state index contributed by atoms with van der Waals surface area (Å²) in [5, 5.41) is 2.91. The predicted octanol–water partition coefficient (Wildman–Crippen LogP) is 1.39. The van der Waals surface area contributed by atoms with Crippen molar-refractivity contribution >= 4 is 10.0 Å². The van der Waals surface area contributed by atoms with E-state index in [9.17, 15) is 21.6 Å². The van der Waals surface area contributed by atoms with Gasteiger partial charge in [-0.1, -0.05) is 24.3 Å². The first-order valence-electron chi connectivity index (χ1n) is 5.48. The first-order chi connectivity index (χ1) is 8.72. The molecule has 1 rings (SSSR count). The maximum absolute atomic E-state index is 12.0. The largest absolute Gasteiger partial charge is 0.402 e. The number of nitrogens with one attached hydrogen (secondary N) is 2. The molecule has 0 saturated carbocycles. The van der Waals surface area contributed by atoms with Gasteiger partial charge in [0.15, 0.2) is 0 Å². The SMILES string of the molecule is CNCc1cccc(CS(=O)(=O)NCC(F)(F)F)c1. The molecular formula is C11H15F3N2O2S. The van der Waals surface area contributed by atoms with Crippen molar-refractivity contribution in [1.29, 1.82) is 0 Å². The summed E-state index contributed by atoms with van der Waals surface area (Å²) >= 11 is 0. The quantitative estimate of drug-likeness (QED) is 0.834. The fraction of sp³-hybridized carbons (Fsp3) is 0.455. The molecule has 0 amide bonds. The van der Waals surface area contributed by atoms with Crippen LogP contribution in [-0.2, 0) is 22.3 Å². The number of sulfonamides is 1. The second-order valence-corrected chi connectivity index (χ2v) is 5.85. The third-order valence-electron chi connectivity index (χ3n) is 2.22. The van der Waals surface area contributed by atoms with Gasteiger partial charge in [-0.25, -0.2) is 13.1 Å². The van der Waals surface area contributed by atoms with E-state index in [1.165, 1.54) is 4.72 Å². The van der Waals surface area contributed by atoms with Gasteiger partial charge in [-0.2, -0.15) is 13.2 Å². The van der Waals surface area contributed by atoms with Crippen LogP contribution in [0.3, 0.4) is 0 Å². The van der Waals surface area contributed by atoms with E-state index in [-0.39, 0.29) is 0 Å².